The molecule has 0 aliphatic carbocycles. The maximum atomic E-state index is 10.6. The minimum Gasteiger partial charge on any atom is -0.298 e. The number of aldehydes is 1. The van der Waals surface area contributed by atoms with Crippen molar-refractivity contribution >= 4 is 6.29 Å². The molecule has 0 spiro atoms. The second-order valence-corrected chi connectivity index (χ2v) is 4.54. The Kier molecular flexibility index (Phi) is 4.30. The molecule has 1 heteroatoms. The highest BCUT2D eigenvalue weighted by Gasteiger charge is 1.98. The van der Waals surface area contributed by atoms with Crippen molar-refractivity contribution in [3.05, 3.63) is 59.7 Å². The number of carbonyl (C=O) groups is 1. The van der Waals surface area contributed by atoms with Crippen LogP contribution in [-0.2, 0) is 6.42 Å². The Morgan fingerprint density at radius 2 is 1.44 bits per heavy atom. The molecule has 0 saturated heterocycles. The van der Waals surface area contributed by atoms with Crippen LogP contribution in [0.4, 0.5) is 0 Å². The van der Waals surface area contributed by atoms with E-state index in [0.717, 1.165) is 23.8 Å². The zero-order chi connectivity index (χ0) is 12.8. The van der Waals surface area contributed by atoms with E-state index in [0.29, 0.717) is 0 Å². The highest BCUT2D eigenvalue weighted by molar-refractivity contribution is 5.76. The van der Waals surface area contributed by atoms with Crippen molar-refractivity contribution in [1.82, 2.24) is 0 Å². The maximum absolute atomic E-state index is 10.6. The van der Waals surface area contributed by atoms with Gasteiger partial charge in [0, 0.05) is 5.56 Å². The van der Waals surface area contributed by atoms with Crippen molar-refractivity contribution in [1.29, 1.82) is 0 Å². The molecule has 2 rings (SSSR count). The fraction of sp³-hybridized carbons (Fsp3) is 0.235. The summed E-state index contributed by atoms with van der Waals surface area (Å²) in [5, 5.41) is 0. The Bertz CT molecular complexity index is 494. The first-order chi connectivity index (χ1) is 8.83. The molecule has 0 aliphatic rings. The zero-order valence-corrected chi connectivity index (χ0v) is 10.7. The fourth-order valence-corrected chi connectivity index (χ4v) is 2.00. The Labute approximate surface area is 108 Å². The van der Waals surface area contributed by atoms with Gasteiger partial charge in [0.15, 0.2) is 0 Å². The Balaban J connectivity index is 2.14. The molecule has 0 N–H and O–H groups in total. The van der Waals surface area contributed by atoms with Gasteiger partial charge in [0.25, 0.3) is 0 Å². The molecule has 0 aliphatic heterocycles. The molecule has 0 aromatic heterocycles. The van der Waals surface area contributed by atoms with E-state index in [2.05, 4.69) is 31.2 Å². The van der Waals surface area contributed by atoms with Crippen LogP contribution >= 0.6 is 0 Å². The molecule has 2 aromatic carbocycles. The smallest absolute Gasteiger partial charge is 0.150 e. The molecule has 0 saturated carbocycles. The highest BCUT2D eigenvalue weighted by Crippen LogP contribution is 2.20. The van der Waals surface area contributed by atoms with Gasteiger partial charge < -0.3 is 0 Å². The number of carbonyl (C=O) groups excluding carboxylic acids is 1. The van der Waals surface area contributed by atoms with Crippen LogP contribution in [0.2, 0.25) is 0 Å². The summed E-state index contributed by atoms with van der Waals surface area (Å²) >= 11 is 0. The average molecular weight is 238 g/mol. The third-order valence-corrected chi connectivity index (χ3v) is 3.15. The lowest BCUT2D eigenvalue weighted by molar-refractivity contribution is 0.112. The van der Waals surface area contributed by atoms with Crippen molar-refractivity contribution in [2.45, 2.75) is 26.2 Å². The predicted octanol–water partition coefficient (Wildman–Crippen LogP) is 4.51. The van der Waals surface area contributed by atoms with E-state index in [1.165, 1.54) is 24.0 Å². The van der Waals surface area contributed by atoms with Gasteiger partial charge in [0.05, 0.1) is 0 Å². The van der Waals surface area contributed by atoms with Gasteiger partial charge in [-0.3, -0.25) is 4.79 Å². The molecule has 0 radical (unpaired) electrons. The molecule has 0 atom stereocenters. The first kappa shape index (κ1) is 12.6. The molecule has 0 heterocycles. The Hall–Kier alpha value is -1.89. The van der Waals surface area contributed by atoms with Crippen LogP contribution in [0, 0.1) is 0 Å². The molecule has 2 aromatic rings. The normalized spacial score (nSPS) is 10.3. The largest absolute Gasteiger partial charge is 0.298 e. The van der Waals surface area contributed by atoms with Gasteiger partial charge in [-0.25, -0.2) is 0 Å². The highest BCUT2D eigenvalue weighted by atomic mass is 16.1. The summed E-state index contributed by atoms with van der Waals surface area (Å²) < 4.78 is 0. The zero-order valence-electron chi connectivity index (χ0n) is 10.7. The predicted molar refractivity (Wildman–Crippen MR) is 75.9 cm³/mol. The molecular weight excluding hydrogens is 220 g/mol. The third-order valence-electron chi connectivity index (χ3n) is 3.15. The Morgan fingerprint density at radius 3 is 1.94 bits per heavy atom. The SMILES string of the molecule is CCCCc1ccc(-c2ccc(C=O)cc2)cc1. The van der Waals surface area contributed by atoms with Crippen LogP contribution in [0.1, 0.15) is 35.7 Å². The van der Waals surface area contributed by atoms with E-state index in [4.69, 9.17) is 0 Å². The summed E-state index contributed by atoms with van der Waals surface area (Å²) in [4.78, 5) is 10.6. The second-order valence-electron chi connectivity index (χ2n) is 4.54. The van der Waals surface area contributed by atoms with Gasteiger partial charge in [0.2, 0.25) is 0 Å². The Morgan fingerprint density at radius 1 is 0.889 bits per heavy atom. The molecule has 0 unspecified atom stereocenters. The van der Waals surface area contributed by atoms with Gasteiger partial charge in [0.1, 0.15) is 6.29 Å². The lowest BCUT2D eigenvalue weighted by atomic mass is 10.0. The summed E-state index contributed by atoms with van der Waals surface area (Å²) in [5.41, 5.74) is 4.47. The molecule has 0 amide bonds. The molecule has 1 nitrogen and oxygen atoms in total. The molecule has 18 heavy (non-hydrogen) atoms. The summed E-state index contributed by atoms with van der Waals surface area (Å²) in [7, 11) is 0. The summed E-state index contributed by atoms with van der Waals surface area (Å²) in [6.07, 6.45) is 4.50. The van der Waals surface area contributed by atoms with Crippen molar-refractivity contribution in [3.8, 4) is 11.1 Å². The third kappa shape index (κ3) is 3.07. The second kappa shape index (κ2) is 6.15. The quantitative estimate of drug-likeness (QED) is 0.700. The van der Waals surface area contributed by atoms with Gasteiger partial charge >= 0.3 is 0 Å². The topological polar surface area (TPSA) is 17.1 Å². The minimum atomic E-state index is 0.721. The van der Waals surface area contributed by atoms with Crippen molar-refractivity contribution in [3.63, 3.8) is 0 Å². The van der Waals surface area contributed by atoms with E-state index in [1.54, 1.807) is 0 Å². The van der Waals surface area contributed by atoms with Crippen LogP contribution < -0.4 is 0 Å². The van der Waals surface area contributed by atoms with Crippen molar-refractivity contribution in [2.24, 2.45) is 0 Å². The minimum absolute atomic E-state index is 0.721. The van der Waals surface area contributed by atoms with Crippen molar-refractivity contribution < 1.29 is 4.79 Å². The number of hydrogen-bond acceptors (Lipinski definition) is 1. The first-order valence-corrected chi connectivity index (χ1v) is 6.48. The lowest BCUT2D eigenvalue weighted by Crippen LogP contribution is -1.85. The van der Waals surface area contributed by atoms with Crippen LogP contribution in [0.5, 0.6) is 0 Å². The summed E-state index contributed by atoms with van der Waals surface area (Å²) in [6.45, 7) is 2.21. The summed E-state index contributed by atoms with van der Waals surface area (Å²) in [6, 6.07) is 16.4. The van der Waals surface area contributed by atoms with Crippen molar-refractivity contribution in [2.75, 3.05) is 0 Å². The number of rotatable bonds is 5. The monoisotopic (exact) mass is 238 g/mol. The molecule has 0 bridgehead atoms. The van der Waals surface area contributed by atoms with E-state index >= 15 is 0 Å². The van der Waals surface area contributed by atoms with Gasteiger partial charge in [-0.05, 0) is 29.5 Å². The number of hydrogen-bond donors (Lipinski definition) is 0. The average Bonchev–Trinajstić information content (AvgIpc) is 2.46. The van der Waals surface area contributed by atoms with Gasteiger partial charge in [-0.1, -0.05) is 61.9 Å². The molecule has 92 valence electrons. The number of aryl methyl sites for hydroxylation is 1. The van der Waals surface area contributed by atoms with E-state index in [1.807, 2.05) is 24.3 Å². The van der Waals surface area contributed by atoms with E-state index in [-0.39, 0.29) is 0 Å². The number of unbranched alkanes of at least 4 members (excludes halogenated alkanes) is 1. The maximum Gasteiger partial charge on any atom is 0.150 e. The standard InChI is InChI=1S/C17H18O/c1-2-3-4-14-5-9-16(10-6-14)17-11-7-15(13-18)8-12-17/h5-13H,2-4H2,1H3. The molecule has 0 fully saturated rings. The van der Waals surface area contributed by atoms with Gasteiger partial charge in [-0.15, -0.1) is 0 Å². The first-order valence-electron chi connectivity index (χ1n) is 6.48. The van der Waals surface area contributed by atoms with Crippen LogP contribution in [-0.4, -0.2) is 6.29 Å². The molecular formula is C17H18O. The van der Waals surface area contributed by atoms with Gasteiger partial charge in [-0.2, -0.15) is 0 Å². The summed E-state index contributed by atoms with van der Waals surface area (Å²) in [5.74, 6) is 0. The van der Waals surface area contributed by atoms with Crippen LogP contribution in [0.25, 0.3) is 11.1 Å². The van der Waals surface area contributed by atoms with E-state index in [9.17, 15) is 4.79 Å². The lowest BCUT2D eigenvalue weighted by Gasteiger charge is -2.04. The van der Waals surface area contributed by atoms with Crippen LogP contribution in [0.15, 0.2) is 48.5 Å². The fourth-order valence-electron chi connectivity index (χ4n) is 2.00. The number of benzene rings is 2. The van der Waals surface area contributed by atoms with E-state index < -0.39 is 0 Å². The van der Waals surface area contributed by atoms with Crippen LogP contribution in [0.3, 0.4) is 0 Å².